The Hall–Kier alpha value is -3.59. The predicted molar refractivity (Wildman–Crippen MR) is 127 cm³/mol. The standard InChI is InChI=1S/C25H27F2N5O2/c26-20-14-19(15-21(27)16-20)23-7-8-24(33)32(30-23)17-18-5-3-6-22(13-18)29-25(34)28-9-4-12-31-10-1-2-11-31/h3,5-8,13-16H,1-2,4,9-12,17H2,(H2,28,29,34). The molecule has 1 aliphatic rings. The van der Waals surface area contributed by atoms with Crippen LogP contribution in [-0.4, -0.2) is 46.9 Å². The molecular weight excluding hydrogens is 440 g/mol. The summed E-state index contributed by atoms with van der Waals surface area (Å²) in [7, 11) is 0. The number of aromatic nitrogens is 2. The molecule has 2 amide bonds. The number of benzene rings is 2. The van der Waals surface area contributed by atoms with Gasteiger partial charge in [-0.25, -0.2) is 18.3 Å². The van der Waals surface area contributed by atoms with Crippen LogP contribution in [0.25, 0.3) is 11.3 Å². The van der Waals surface area contributed by atoms with E-state index in [-0.39, 0.29) is 29.4 Å². The van der Waals surface area contributed by atoms with E-state index >= 15 is 0 Å². The maximum Gasteiger partial charge on any atom is 0.319 e. The lowest BCUT2D eigenvalue weighted by Crippen LogP contribution is -2.32. The zero-order valence-electron chi connectivity index (χ0n) is 18.8. The van der Waals surface area contributed by atoms with Crippen molar-refractivity contribution in [3.63, 3.8) is 0 Å². The van der Waals surface area contributed by atoms with Gasteiger partial charge in [-0.15, -0.1) is 0 Å². The molecule has 1 saturated heterocycles. The van der Waals surface area contributed by atoms with Crippen LogP contribution in [0.4, 0.5) is 19.3 Å². The number of anilines is 1. The van der Waals surface area contributed by atoms with E-state index < -0.39 is 11.6 Å². The van der Waals surface area contributed by atoms with Gasteiger partial charge in [0.05, 0.1) is 12.2 Å². The lowest BCUT2D eigenvalue weighted by atomic mass is 10.1. The van der Waals surface area contributed by atoms with Crippen LogP contribution in [0.5, 0.6) is 0 Å². The number of amides is 2. The number of nitrogens with one attached hydrogen (secondary N) is 2. The van der Waals surface area contributed by atoms with Gasteiger partial charge >= 0.3 is 6.03 Å². The Bertz CT molecular complexity index is 1190. The molecule has 0 unspecified atom stereocenters. The third-order valence-corrected chi connectivity index (χ3v) is 5.68. The number of hydrogen-bond acceptors (Lipinski definition) is 4. The van der Waals surface area contributed by atoms with Crippen LogP contribution >= 0.6 is 0 Å². The molecule has 9 heteroatoms. The average molecular weight is 468 g/mol. The molecule has 0 bridgehead atoms. The summed E-state index contributed by atoms with van der Waals surface area (Å²) in [5.74, 6) is -1.44. The first-order valence-electron chi connectivity index (χ1n) is 11.4. The van der Waals surface area contributed by atoms with E-state index in [0.717, 1.165) is 49.8 Å². The summed E-state index contributed by atoms with van der Waals surface area (Å²) in [4.78, 5) is 26.9. The molecule has 1 fully saturated rings. The molecule has 0 aliphatic carbocycles. The van der Waals surface area contributed by atoms with Gasteiger partial charge in [-0.05, 0) is 74.8 Å². The van der Waals surface area contributed by atoms with Gasteiger partial charge in [-0.1, -0.05) is 12.1 Å². The predicted octanol–water partition coefficient (Wildman–Crippen LogP) is 3.84. The first-order chi connectivity index (χ1) is 16.5. The van der Waals surface area contributed by atoms with E-state index in [9.17, 15) is 18.4 Å². The van der Waals surface area contributed by atoms with Crippen molar-refractivity contribution in [1.82, 2.24) is 20.0 Å². The Kier molecular flexibility index (Phi) is 7.64. The highest BCUT2D eigenvalue weighted by Gasteiger charge is 2.11. The van der Waals surface area contributed by atoms with Gasteiger partial charge in [-0.3, -0.25) is 4.79 Å². The number of rotatable bonds is 8. The van der Waals surface area contributed by atoms with Gasteiger partial charge in [-0.2, -0.15) is 5.10 Å². The fraction of sp³-hybridized carbons (Fsp3) is 0.320. The third-order valence-electron chi connectivity index (χ3n) is 5.68. The van der Waals surface area contributed by atoms with Crippen molar-refractivity contribution in [2.24, 2.45) is 0 Å². The van der Waals surface area contributed by atoms with Gasteiger partial charge in [0.15, 0.2) is 0 Å². The summed E-state index contributed by atoms with van der Waals surface area (Å²) >= 11 is 0. The van der Waals surface area contributed by atoms with Crippen molar-refractivity contribution in [3.8, 4) is 11.3 Å². The third kappa shape index (κ3) is 6.48. The van der Waals surface area contributed by atoms with Crippen molar-refractivity contribution < 1.29 is 13.6 Å². The summed E-state index contributed by atoms with van der Waals surface area (Å²) in [5, 5.41) is 9.93. The number of carbonyl (C=O) groups excluding carboxylic acids is 1. The lowest BCUT2D eigenvalue weighted by Gasteiger charge is -2.14. The minimum absolute atomic E-state index is 0.136. The van der Waals surface area contributed by atoms with E-state index in [1.54, 1.807) is 18.2 Å². The molecule has 2 heterocycles. The summed E-state index contributed by atoms with van der Waals surface area (Å²) in [6, 6.07) is 12.6. The lowest BCUT2D eigenvalue weighted by molar-refractivity contribution is 0.251. The van der Waals surface area contributed by atoms with Crippen LogP contribution in [0.1, 0.15) is 24.8 Å². The highest BCUT2D eigenvalue weighted by Crippen LogP contribution is 2.19. The van der Waals surface area contributed by atoms with Crippen molar-refractivity contribution in [2.75, 3.05) is 31.5 Å². The van der Waals surface area contributed by atoms with Crippen LogP contribution in [0.2, 0.25) is 0 Å². The molecule has 4 rings (SSSR count). The molecule has 0 saturated carbocycles. The molecule has 1 aromatic heterocycles. The molecule has 178 valence electrons. The van der Waals surface area contributed by atoms with Crippen molar-refractivity contribution in [2.45, 2.75) is 25.8 Å². The number of likely N-dealkylation sites (tertiary alicyclic amines) is 1. The Morgan fingerprint density at radius 3 is 2.53 bits per heavy atom. The minimum Gasteiger partial charge on any atom is -0.338 e. The number of carbonyl (C=O) groups is 1. The fourth-order valence-corrected chi connectivity index (χ4v) is 4.02. The highest BCUT2D eigenvalue weighted by atomic mass is 19.1. The first-order valence-corrected chi connectivity index (χ1v) is 11.4. The molecule has 2 aromatic carbocycles. The van der Waals surface area contributed by atoms with Crippen LogP contribution in [0.15, 0.2) is 59.4 Å². The molecule has 0 spiro atoms. The van der Waals surface area contributed by atoms with Crippen LogP contribution in [0, 0.1) is 11.6 Å². The fourth-order valence-electron chi connectivity index (χ4n) is 4.02. The van der Waals surface area contributed by atoms with E-state index in [0.29, 0.717) is 12.2 Å². The highest BCUT2D eigenvalue weighted by molar-refractivity contribution is 5.89. The SMILES string of the molecule is O=C(NCCCN1CCCC1)Nc1cccc(Cn2nc(-c3cc(F)cc(F)c3)ccc2=O)c1. The zero-order chi connectivity index (χ0) is 23.9. The van der Waals surface area contributed by atoms with Gasteiger partial charge in [0.2, 0.25) is 0 Å². The quantitative estimate of drug-likeness (QED) is 0.494. The smallest absolute Gasteiger partial charge is 0.319 e. The summed E-state index contributed by atoms with van der Waals surface area (Å²) in [6.07, 6.45) is 3.40. The Morgan fingerprint density at radius 1 is 1.00 bits per heavy atom. The second-order valence-corrected chi connectivity index (χ2v) is 8.36. The molecule has 7 nitrogen and oxygen atoms in total. The monoisotopic (exact) mass is 467 g/mol. The minimum atomic E-state index is -0.720. The number of nitrogens with zero attached hydrogens (tertiary/aromatic N) is 3. The number of halogens is 2. The summed E-state index contributed by atoms with van der Waals surface area (Å²) < 4.78 is 28.4. The van der Waals surface area contributed by atoms with E-state index in [1.165, 1.54) is 29.7 Å². The summed E-state index contributed by atoms with van der Waals surface area (Å²) in [5.41, 5.74) is 1.49. The molecule has 1 aliphatic heterocycles. The summed E-state index contributed by atoms with van der Waals surface area (Å²) in [6.45, 7) is 3.99. The first kappa shape index (κ1) is 23.6. The van der Waals surface area contributed by atoms with Gasteiger partial charge in [0.1, 0.15) is 11.6 Å². The van der Waals surface area contributed by atoms with Crippen molar-refractivity contribution in [3.05, 3.63) is 82.1 Å². The van der Waals surface area contributed by atoms with Gasteiger partial charge in [0, 0.05) is 29.9 Å². The molecule has 2 N–H and O–H groups in total. The maximum absolute atomic E-state index is 13.6. The molecule has 0 atom stereocenters. The number of hydrogen-bond donors (Lipinski definition) is 2. The van der Waals surface area contributed by atoms with Crippen molar-refractivity contribution >= 4 is 11.7 Å². The van der Waals surface area contributed by atoms with Crippen LogP contribution in [0.3, 0.4) is 0 Å². The van der Waals surface area contributed by atoms with Crippen molar-refractivity contribution in [1.29, 1.82) is 0 Å². The number of urea groups is 1. The van der Waals surface area contributed by atoms with Crippen LogP contribution in [-0.2, 0) is 6.54 Å². The molecule has 3 aromatic rings. The second kappa shape index (κ2) is 11.0. The van der Waals surface area contributed by atoms with E-state index in [1.807, 2.05) is 6.07 Å². The largest absolute Gasteiger partial charge is 0.338 e. The van der Waals surface area contributed by atoms with E-state index in [4.69, 9.17) is 0 Å². The van der Waals surface area contributed by atoms with E-state index in [2.05, 4.69) is 20.6 Å². The maximum atomic E-state index is 13.6. The second-order valence-electron chi connectivity index (χ2n) is 8.36. The van der Waals surface area contributed by atoms with Crippen LogP contribution < -0.4 is 16.2 Å². The average Bonchev–Trinajstić information content (AvgIpc) is 3.31. The Balaban J connectivity index is 1.37. The molecule has 0 radical (unpaired) electrons. The normalized spacial score (nSPS) is 13.7. The zero-order valence-corrected chi connectivity index (χ0v) is 18.8. The van der Waals surface area contributed by atoms with Gasteiger partial charge < -0.3 is 15.5 Å². The Morgan fingerprint density at radius 2 is 1.76 bits per heavy atom. The Labute approximate surface area is 196 Å². The molecule has 34 heavy (non-hydrogen) atoms. The topological polar surface area (TPSA) is 79.3 Å². The van der Waals surface area contributed by atoms with Gasteiger partial charge in [0.25, 0.3) is 5.56 Å². The molecular formula is C25H27F2N5O2.